The van der Waals surface area contributed by atoms with Gasteiger partial charge in [-0.05, 0) is 19.4 Å². The first kappa shape index (κ1) is 14.5. The minimum absolute atomic E-state index is 0.100. The van der Waals surface area contributed by atoms with Crippen LogP contribution in [0, 0.1) is 0 Å². The maximum Gasteiger partial charge on any atom is 0.258 e. The predicted molar refractivity (Wildman–Crippen MR) is 71.9 cm³/mol. The van der Waals surface area contributed by atoms with E-state index in [9.17, 15) is 9.90 Å². The molecule has 20 heavy (non-hydrogen) atoms. The summed E-state index contributed by atoms with van der Waals surface area (Å²) in [5.74, 6) is 1.36. The molecule has 110 valence electrons. The second-order valence-electron chi connectivity index (χ2n) is 4.64. The van der Waals surface area contributed by atoms with E-state index in [0.29, 0.717) is 22.8 Å². The number of carbonyl (C=O) groups is 1. The van der Waals surface area contributed by atoms with E-state index in [1.54, 1.807) is 12.1 Å². The molecule has 6 nitrogen and oxygen atoms in total. The lowest BCUT2D eigenvalue weighted by atomic mass is 10.2. The number of benzene rings is 1. The summed E-state index contributed by atoms with van der Waals surface area (Å²) in [6.45, 7) is 3.78. The summed E-state index contributed by atoms with van der Waals surface area (Å²) in [5.41, 5.74) is 0.561. The van der Waals surface area contributed by atoms with Gasteiger partial charge in [0.15, 0.2) is 18.1 Å². The molecule has 0 saturated carbocycles. The zero-order valence-corrected chi connectivity index (χ0v) is 11.6. The number of nitrogens with one attached hydrogen (secondary N) is 1. The summed E-state index contributed by atoms with van der Waals surface area (Å²) in [7, 11) is 0. The Morgan fingerprint density at radius 1 is 1.45 bits per heavy atom. The van der Waals surface area contributed by atoms with Crippen molar-refractivity contribution in [2.24, 2.45) is 0 Å². The van der Waals surface area contributed by atoms with Gasteiger partial charge in [0.05, 0.1) is 6.61 Å². The number of carbonyl (C=O) groups excluding carboxylic acids is 1. The standard InChI is InChI=1S/C14H19NO5/c1-3-9(2)15-14(17)7-18-11-5-13-12(19-8-20-13)4-10(11)6-16/h4-5,9,16H,3,6-8H2,1-2H3,(H,15,17). The minimum atomic E-state index is -0.195. The fraction of sp³-hybridized carbons (Fsp3) is 0.500. The van der Waals surface area contributed by atoms with Crippen LogP contribution in [0.2, 0.25) is 0 Å². The van der Waals surface area contributed by atoms with Crippen LogP contribution in [-0.4, -0.2) is 30.5 Å². The number of hydrogen-bond donors (Lipinski definition) is 2. The zero-order valence-electron chi connectivity index (χ0n) is 11.6. The molecule has 0 spiro atoms. The number of fused-ring (bicyclic) bond motifs is 1. The maximum absolute atomic E-state index is 11.7. The molecule has 0 aromatic heterocycles. The molecule has 1 amide bonds. The normalized spacial score (nSPS) is 13.9. The minimum Gasteiger partial charge on any atom is -0.483 e. The molecule has 0 aliphatic carbocycles. The van der Waals surface area contributed by atoms with Gasteiger partial charge in [0.25, 0.3) is 5.91 Å². The first-order valence-corrected chi connectivity index (χ1v) is 6.59. The van der Waals surface area contributed by atoms with Crippen LogP contribution in [0.5, 0.6) is 17.2 Å². The first-order valence-electron chi connectivity index (χ1n) is 6.59. The molecule has 1 heterocycles. The van der Waals surface area contributed by atoms with Crippen LogP contribution < -0.4 is 19.5 Å². The summed E-state index contributed by atoms with van der Waals surface area (Å²) in [6.07, 6.45) is 0.859. The highest BCUT2D eigenvalue weighted by atomic mass is 16.7. The number of amides is 1. The summed E-state index contributed by atoms with van der Waals surface area (Å²) in [4.78, 5) is 11.7. The SMILES string of the molecule is CCC(C)NC(=O)COc1cc2c(cc1CO)OCO2. The molecular weight excluding hydrogens is 262 g/mol. The van der Waals surface area contributed by atoms with Gasteiger partial charge in [-0.2, -0.15) is 0 Å². The van der Waals surface area contributed by atoms with Crippen LogP contribution in [-0.2, 0) is 11.4 Å². The van der Waals surface area contributed by atoms with E-state index in [0.717, 1.165) is 6.42 Å². The molecule has 6 heteroatoms. The molecule has 2 rings (SSSR count). The number of hydrogen-bond acceptors (Lipinski definition) is 5. The average molecular weight is 281 g/mol. The Balaban J connectivity index is 2.00. The topological polar surface area (TPSA) is 77.0 Å². The van der Waals surface area contributed by atoms with Crippen molar-refractivity contribution in [2.75, 3.05) is 13.4 Å². The van der Waals surface area contributed by atoms with E-state index in [1.807, 2.05) is 13.8 Å². The Bertz CT molecular complexity index is 489. The second-order valence-corrected chi connectivity index (χ2v) is 4.64. The monoisotopic (exact) mass is 281 g/mol. The van der Waals surface area contributed by atoms with Gasteiger partial charge in [-0.1, -0.05) is 6.92 Å². The van der Waals surface area contributed by atoms with E-state index in [1.165, 1.54) is 0 Å². The molecular formula is C14H19NO5. The van der Waals surface area contributed by atoms with Gasteiger partial charge in [-0.15, -0.1) is 0 Å². The van der Waals surface area contributed by atoms with Gasteiger partial charge in [0, 0.05) is 17.7 Å². The van der Waals surface area contributed by atoms with E-state index in [2.05, 4.69) is 5.32 Å². The van der Waals surface area contributed by atoms with Gasteiger partial charge < -0.3 is 24.6 Å². The Kier molecular flexibility index (Phi) is 4.68. The van der Waals surface area contributed by atoms with Gasteiger partial charge in [-0.3, -0.25) is 4.79 Å². The quantitative estimate of drug-likeness (QED) is 0.819. The van der Waals surface area contributed by atoms with Crippen LogP contribution in [0.3, 0.4) is 0 Å². The van der Waals surface area contributed by atoms with Crippen molar-refractivity contribution in [3.05, 3.63) is 17.7 Å². The molecule has 1 unspecified atom stereocenters. The van der Waals surface area contributed by atoms with Gasteiger partial charge in [0.2, 0.25) is 6.79 Å². The summed E-state index contributed by atoms with van der Waals surface area (Å²) in [6, 6.07) is 3.40. The molecule has 1 aliphatic heterocycles. The van der Waals surface area contributed by atoms with Crippen molar-refractivity contribution >= 4 is 5.91 Å². The highest BCUT2D eigenvalue weighted by molar-refractivity contribution is 5.77. The van der Waals surface area contributed by atoms with Crippen molar-refractivity contribution in [2.45, 2.75) is 32.9 Å². The largest absolute Gasteiger partial charge is 0.483 e. The van der Waals surface area contributed by atoms with E-state index in [-0.39, 0.29) is 32.0 Å². The molecule has 1 aliphatic rings. The summed E-state index contributed by atoms with van der Waals surface area (Å²) >= 11 is 0. The number of ether oxygens (including phenoxy) is 3. The third-order valence-corrected chi connectivity index (χ3v) is 3.10. The predicted octanol–water partition coefficient (Wildman–Crippen LogP) is 1.20. The molecule has 1 aromatic rings. The fourth-order valence-corrected chi connectivity index (χ4v) is 1.79. The number of rotatable bonds is 6. The molecule has 0 fully saturated rings. The molecule has 1 atom stereocenters. The molecule has 2 N–H and O–H groups in total. The highest BCUT2D eigenvalue weighted by Gasteiger charge is 2.18. The third-order valence-electron chi connectivity index (χ3n) is 3.10. The summed E-state index contributed by atoms with van der Waals surface area (Å²) in [5, 5.41) is 12.1. The van der Waals surface area contributed by atoms with Gasteiger partial charge in [0.1, 0.15) is 5.75 Å². The number of aliphatic hydroxyl groups is 1. The second kappa shape index (κ2) is 6.47. The lowest BCUT2D eigenvalue weighted by Crippen LogP contribution is -2.35. The Hall–Kier alpha value is -1.95. The first-order chi connectivity index (χ1) is 9.63. The van der Waals surface area contributed by atoms with Crippen molar-refractivity contribution in [1.29, 1.82) is 0 Å². The van der Waals surface area contributed by atoms with Crippen molar-refractivity contribution in [3.8, 4) is 17.2 Å². The highest BCUT2D eigenvalue weighted by Crippen LogP contribution is 2.38. The van der Waals surface area contributed by atoms with Crippen molar-refractivity contribution in [1.82, 2.24) is 5.32 Å². The summed E-state index contributed by atoms with van der Waals surface area (Å²) < 4.78 is 15.9. The third kappa shape index (κ3) is 3.33. The molecule has 0 saturated heterocycles. The van der Waals surface area contributed by atoms with Crippen LogP contribution in [0.25, 0.3) is 0 Å². The maximum atomic E-state index is 11.7. The average Bonchev–Trinajstić information content (AvgIpc) is 2.90. The molecule has 0 radical (unpaired) electrons. The van der Waals surface area contributed by atoms with Crippen LogP contribution >= 0.6 is 0 Å². The smallest absolute Gasteiger partial charge is 0.258 e. The zero-order chi connectivity index (χ0) is 14.5. The molecule has 0 bridgehead atoms. The van der Waals surface area contributed by atoms with Crippen LogP contribution in [0.4, 0.5) is 0 Å². The van der Waals surface area contributed by atoms with Crippen LogP contribution in [0.1, 0.15) is 25.8 Å². The van der Waals surface area contributed by atoms with Crippen LogP contribution in [0.15, 0.2) is 12.1 Å². The van der Waals surface area contributed by atoms with Crippen molar-refractivity contribution in [3.63, 3.8) is 0 Å². The fourth-order valence-electron chi connectivity index (χ4n) is 1.79. The Morgan fingerprint density at radius 2 is 2.15 bits per heavy atom. The lowest BCUT2D eigenvalue weighted by Gasteiger charge is -2.14. The van der Waals surface area contributed by atoms with E-state index >= 15 is 0 Å². The van der Waals surface area contributed by atoms with E-state index in [4.69, 9.17) is 14.2 Å². The lowest BCUT2D eigenvalue weighted by molar-refractivity contribution is -0.123. The van der Waals surface area contributed by atoms with Gasteiger partial charge >= 0.3 is 0 Å². The Labute approximate surface area is 117 Å². The van der Waals surface area contributed by atoms with Gasteiger partial charge in [-0.25, -0.2) is 0 Å². The van der Waals surface area contributed by atoms with Crippen molar-refractivity contribution < 1.29 is 24.1 Å². The molecule has 1 aromatic carbocycles. The number of aliphatic hydroxyl groups excluding tert-OH is 1. The van der Waals surface area contributed by atoms with E-state index < -0.39 is 0 Å². The Morgan fingerprint density at radius 3 is 2.80 bits per heavy atom.